The number of halogens is 2. The van der Waals surface area contributed by atoms with E-state index >= 15 is 0 Å². The second-order valence-corrected chi connectivity index (χ2v) is 5.48. The maximum atomic E-state index is 5.96. The average Bonchev–Trinajstić information content (AvgIpc) is 1.97. The molecule has 0 atom stereocenters. The van der Waals surface area contributed by atoms with Crippen molar-refractivity contribution in [3.63, 3.8) is 0 Å². The minimum Gasteiger partial charge on any atom is -1.00 e. The Balaban J connectivity index is -0.000000720. The largest absolute Gasteiger partial charge is 1.00 e. The highest BCUT2D eigenvalue weighted by atomic mass is 35.5. The van der Waals surface area contributed by atoms with Gasteiger partial charge >= 0.3 is 0 Å². The number of hydrogen-bond donors (Lipinski definition) is 1. The summed E-state index contributed by atoms with van der Waals surface area (Å²) in [7, 11) is 4.59. The molecular formula is C11H28Cl2N2. The predicted molar refractivity (Wildman–Crippen MR) is 66.9 cm³/mol. The first-order chi connectivity index (χ1) is 5.77. The van der Waals surface area contributed by atoms with Crippen LogP contribution >= 0.6 is 12.4 Å². The average molecular weight is 259 g/mol. The Morgan fingerprint density at radius 2 is 1.60 bits per heavy atom. The summed E-state index contributed by atoms with van der Waals surface area (Å²) < 4.78 is 1.11. The van der Waals surface area contributed by atoms with Crippen LogP contribution in [0.1, 0.15) is 40.0 Å². The van der Waals surface area contributed by atoms with Gasteiger partial charge in [-0.05, 0) is 20.3 Å². The first-order valence-corrected chi connectivity index (χ1v) is 5.38. The van der Waals surface area contributed by atoms with Crippen molar-refractivity contribution in [1.82, 2.24) is 0 Å². The normalized spacial score (nSPS) is 11.6. The van der Waals surface area contributed by atoms with E-state index in [1.54, 1.807) is 0 Å². The third kappa shape index (κ3) is 14.5. The fraction of sp³-hybridized carbons (Fsp3) is 1.00. The third-order valence-corrected chi connectivity index (χ3v) is 2.48. The molecule has 96 valence electrons. The van der Waals surface area contributed by atoms with Gasteiger partial charge in [-0.25, -0.2) is 0 Å². The molecule has 0 saturated carbocycles. The highest BCUT2D eigenvalue weighted by molar-refractivity contribution is 5.85. The van der Waals surface area contributed by atoms with Crippen LogP contribution < -0.4 is 18.1 Å². The zero-order chi connectivity index (χ0) is 10.5. The summed E-state index contributed by atoms with van der Waals surface area (Å²) in [5.41, 5.74) is 5.95. The molecule has 0 aromatic carbocycles. The predicted octanol–water partition coefficient (Wildman–Crippen LogP) is -0.584. The van der Waals surface area contributed by atoms with E-state index in [9.17, 15) is 0 Å². The molecule has 0 aliphatic carbocycles. The third-order valence-electron chi connectivity index (χ3n) is 2.48. The highest BCUT2D eigenvalue weighted by Gasteiger charge is 2.19. The van der Waals surface area contributed by atoms with Crippen LogP contribution in [0.25, 0.3) is 0 Å². The van der Waals surface area contributed by atoms with Crippen LogP contribution in [0, 0.1) is 0 Å². The van der Waals surface area contributed by atoms with Crippen molar-refractivity contribution in [1.29, 1.82) is 0 Å². The van der Waals surface area contributed by atoms with Gasteiger partial charge in [-0.3, -0.25) is 0 Å². The van der Waals surface area contributed by atoms with Crippen molar-refractivity contribution in [2.24, 2.45) is 5.73 Å². The topological polar surface area (TPSA) is 26.0 Å². The van der Waals surface area contributed by atoms with Gasteiger partial charge in [0.15, 0.2) is 0 Å². The van der Waals surface area contributed by atoms with Crippen LogP contribution in [0.5, 0.6) is 0 Å². The molecular weight excluding hydrogens is 231 g/mol. The van der Waals surface area contributed by atoms with Crippen molar-refractivity contribution >= 4 is 12.4 Å². The van der Waals surface area contributed by atoms with E-state index in [0.717, 1.165) is 10.9 Å². The van der Waals surface area contributed by atoms with Gasteiger partial charge in [0.25, 0.3) is 0 Å². The van der Waals surface area contributed by atoms with Crippen molar-refractivity contribution in [3.05, 3.63) is 0 Å². The molecule has 0 spiro atoms. The Bertz CT molecular complexity index is 142. The Morgan fingerprint density at radius 3 is 1.93 bits per heavy atom. The Kier molecular flexibility index (Phi) is 12.0. The van der Waals surface area contributed by atoms with E-state index in [2.05, 4.69) is 34.9 Å². The lowest BCUT2D eigenvalue weighted by Gasteiger charge is -2.32. The summed E-state index contributed by atoms with van der Waals surface area (Å²) in [5, 5.41) is 0. The molecule has 4 heteroatoms. The molecule has 0 aromatic heterocycles. The van der Waals surface area contributed by atoms with Gasteiger partial charge in [0, 0.05) is 12.0 Å². The van der Waals surface area contributed by atoms with Gasteiger partial charge in [-0.2, -0.15) is 0 Å². The maximum Gasteiger partial charge on any atom is 0.0800 e. The fourth-order valence-corrected chi connectivity index (χ4v) is 1.29. The van der Waals surface area contributed by atoms with Crippen LogP contribution in [-0.4, -0.2) is 37.2 Å². The van der Waals surface area contributed by atoms with E-state index < -0.39 is 0 Å². The second kappa shape index (κ2) is 8.63. The minimum absolute atomic E-state index is 0. The molecule has 0 radical (unpaired) electrons. The van der Waals surface area contributed by atoms with Gasteiger partial charge in [-0.15, -0.1) is 12.4 Å². The van der Waals surface area contributed by atoms with E-state index in [1.807, 2.05) is 0 Å². The molecule has 0 aliphatic heterocycles. The van der Waals surface area contributed by atoms with E-state index in [-0.39, 0.29) is 30.4 Å². The molecule has 0 amide bonds. The molecule has 0 unspecified atom stereocenters. The van der Waals surface area contributed by atoms with Gasteiger partial charge in [0.2, 0.25) is 0 Å². The van der Waals surface area contributed by atoms with Crippen LogP contribution in [0.2, 0.25) is 0 Å². The van der Waals surface area contributed by atoms with Crippen LogP contribution in [0.15, 0.2) is 0 Å². The Labute approximate surface area is 108 Å². The van der Waals surface area contributed by atoms with Crippen LogP contribution in [0.3, 0.4) is 0 Å². The number of unbranched alkanes of at least 4 members (excludes halogenated alkanes) is 1. The lowest BCUT2D eigenvalue weighted by atomic mass is 10.0. The molecule has 2 nitrogen and oxygen atoms in total. The summed E-state index contributed by atoms with van der Waals surface area (Å²) >= 11 is 0. The number of nitrogens with two attached hydrogens (primary N) is 1. The zero-order valence-corrected chi connectivity index (χ0v) is 12.4. The van der Waals surface area contributed by atoms with Gasteiger partial charge in [0.1, 0.15) is 0 Å². The molecule has 2 N–H and O–H groups in total. The molecule has 0 saturated heterocycles. The van der Waals surface area contributed by atoms with Gasteiger partial charge in [-0.1, -0.05) is 13.3 Å². The first-order valence-electron chi connectivity index (χ1n) is 5.38. The van der Waals surface area contributed by atoms with Gasteiger partial charge < -0.3 is 22.6 Å². The quantitative estimate of drug-likeness (QED) is 0.634. The van der Waals surface area contributed by atoms with Crippen LogP contribution in [-0.2, 0) is 0 Å². The molecule has 0 aliphatic rings. The number of quaternary nitrogens is 1. The van der Waals surface area contributed by atoms with Crippen molar-refractivity contribution in [2.75, 3.05) is 27.2 Å². The van der Waals surface area contributed by atoms with Crippen LogP contribution in [0.4, 0.5) is 0 Å². The summed E-state index contributed by atoms with van der Waals surface area (Å²) in [6, 6.07) is 0. The SMILES string of the molecule is CCCC[N+](C)(C)CCC(C)(C)N.Cl.[Cl-]. The van der Waals surface area contributed by atoms with E-state index in [1.165, 1.54) is 25.9 Å². The fourth-order valence-electron chi connectivity index (χ4n) is 1.29. The maximum absolute atomic E-state index is 5.96. The van der Waals surface area contributed by atoms with Crippen molar-refractivity contribution < 1.29 is 16.9 Å². The monoisotopic (exact) mass is 258 g/mol. The van der Waals surface area contributed by atoms with E-state index in [0.29, 0.717) is 0 Å². The van der Waals surface area contributed by atoms with Crippen molar-refractivity contribution in [2.45, 2.75) is 45.6 Å². The second-order valence-electron chi connectivity index (χ2n) is 5.48. The number of hydrogen-bond acceptors (Lipinski definition) is 1. The minimum atomic E-state index is -0.0122. The highest BCUT2D eigenvalue weighted by Crippen LogP contribution is 2.09. The van der Waals surface area contributed by atoms with Crippen molar-refractivity contribution in [3.8, 4) is 0 Å². The molecule has 0 rings (SSSR count). The Hall–Kier alpha value is 0.500. The first kappa shape index (κ1) is 20.9. The molecule has 0 heterocycles. The number of rotatable bonds is 6. The molecule has 0 aromatic rings. The lowest BCUT2D eigenvalue weighted by Crippen LogP contribution is -3.00. The molecule has 15 heavy (non-hydrogen) atoms. The molecule has 0 bridgehead atoms. The standard InChI is InChI=1S/C11H27N2.2ClH/c1-6-7-9-13(4,5)10-8-11(2,3)12;;/h6-10,12H2,1-5H3;2*1H/q+1;;/p-1. The summed E-state index contributed by atoms with van der Waals surface area (Å²) in [6.45, 7) is 8.91. The molecule has 0 fully saturated rings. The van der Waals surface area contributed by atoms with Gasteiger partial charge in [0.05, 0.1) is 27.2 Å². The Morgan fingerprint density at radius 1 is 1.13 bits per heavy atom. The lowest BCUT2D eigenvalue weighted by molar-refractivity contribution is -0.891. The smallest absolute Gasteiger partial charge is 0.0800 e. The summed E-state index contributed by atoms with van der Waals surface area (Å²) in [4.78, 5) is 0. The van der Waals surface area contributed by atoms with E-state index in [4.69, 9.17) is 5.73 Å². The number of nitrogens with zero attached hydrogens (tertiary/aromatic N) is 1. The zero-order valence-electron chi connectivity index (χ0n) is 10.8. The summed E-state index contributed by atoms with van der Waals surface area (Å²) in [6.07, 6.45) is 3.70. The summed E-state index contributed by atoms with van der Waals surface area (Å²) in [5.74, 6) is 0.